The van der Waals surface area contributed by atoms with Crippen LogP contribution in [0.4, 0.5) is 5.13 Å². The van der Waals surface area contributed by atoms with Gasteiger partial charge in [0.1, 0.15) is 13.2 Å². The van der Waals surface area contributed by atoms with Gasteiger partial charge in [-0.2, -0.15) is 4.31 Å². The standard InChI is InChI=1S/C23H25N3O5S2/c1-14-3-4-21(15(2)11-14)33(28,29)26-7-5-16(6-8-26)22(27)25-23-24-17-12-18-19(13-20(17)32-23)31-10-9-30-18/h3-4,11-13,16H,5-10H2,1-2H3,(H,24,25,27). The summed E-state index contributed by atoms with van der Waals surface area (Å²) in [6.07, 6.45) is 0.938. The van der Waals surface area contributed by atoms with Crippen LogP contribution < -0.4 is 14.8 Å². The number of rotatable bonds is 4. The molecule has 0 spiro atoms. The minimum atomic E-state index is -3.58. The molecule has 0 aliphatic carbocycles. The molecule has 10 heteroatoms. The molecule has 0 atom stereocenters. The Morgan fingerprint density at radius 1 is 1.09 bits per heavy atom. The Kier molecular flexibility index (Phi) is 5.75. The van der Waals surface area contributed by atoms with E-state index in [2.05, 4.69) is 10.3 Å². The molecule has 2 aliphatic heterocycles. The first-order chi connectivity index (χ1) is 15.8. The number of sulfonamides is 1. The van der Waals surface area contributed by atoms with Crippen molar-refractivity contribution < 1.29 is 22.7 Å². The van der Waals surface area contributed by atoms with Gasteiger partial charge in [-0.15, -0.1) is 0 Å². The normalized spacial score (nSPS) is 17.3. The fourth-order valence-electron chi connectivity index (χ4n) is 4.31. The van der Waals surface area contributed by atoms with Crippen LogP contribution in [0.25, 0.3) is 10.2 Å². The Morgan fingerprint density at radius 2 is 1.79 bits per heavy atom. The third kappa shape index (κ3) is 4.30. The van der Waals surface area contributed by atoms with E-state index in [1.54, 1.807) is 6.07 Å². The van der Waals surface area contributed by atoms with Gasteiger partial charge in [0.2, 0.25) is 15.9 Å². The number of nitrogens with zero attached hydrogens (tertiary/aromatic N) is 2. The summed E-state index contributed by atoms with van der Waals surface area (Å²) in [5.41, 5.74) is 2.51. The van der Waals surface area contributed by atoms with Crippen LogP contribution >= 0.6 is 11.3 Å². The van der Waals surface area contributed by atoms with Crippen molar-refractivity contribution in [3.05, 3.63) is 41.5 Å². The molecular formula is C23H25N3O5S2. The zero-order valence-corrected chi connectivity index (χ0v) is 20.1. The molecule has 2 aromatic carbocycles. The number of thiazole rings is 1. The highest BCUT2D eigenvalue weighted by Crippen LogP contribution is 2.38. The van der Waals surface area contributed by atoms with Crippen molar-refractivity contribution in [2.75, 3.05) is 31.6 Å². The molecular weight excluding hydrogens is 462 g/mol. The van der Waals surface area contributed by atoms with E-state index in [9.17, 15) is 13.2 Å². The first-order valence-electron chi connectivity index (χ1n) is 10.9. The van der Waals surface area contributed by atoms with Gasteiger partial charge in [0.25, 0.3) is 0 Å². The number of ether oxygens (including phenoxy) is 2. The van der Waals surface area contributed by atoms with Crippen molar-refractivity contribution >= 4 is 42.6 Å². The van der Waals surface area contributed by atoms with Crippen LogP contribution in [0.15, 0.2) is 35.2 Å². The number of aromatic nitrogens is 1. The van der Waals surface area contributed by atoms with Crippen LogP contribution in [-0.4, -0.2) is 49.9 Å². The monoisotopic (exact) mass is 487 g/mol. The second-order valence-electron chi connectivity index (χ2n) is 8.42. The molecule has 174 valence electrons. The summed E-state index contributed by atoms with van der Waals surface area (Å²) >= 11 is 1.38. The van der Waals surface area contributed by atoms with Gasteiger partial charge >= 0.3 is 0 Å². The van der Waals surface area contributed by atoms with E-state index in [0.717, 1.165) is 21.3 Å². The van der Waals surface area contributed by atoms with E-state index >= 15 is 0 Å². The molecule has 3 aromatic rings. The molecule has 2 aliphatic rings. The van der Waals surface area contributed by atoms with E-state index in [4.69, 9.17) is 9.47 Å². The Bertz CT molecular complexity index is 1280. The van der Waals surface area contributed by atoms with Gasteiger partial charge in [-0.05, 0) is 38.3 Å². The van der Waals surface area contributed by atoms with Crippen LogP contribution in [0.1, 0.15) is 24.0 Å². The molecule has 5 rings (SSSR count). The lowest BCUT2D eigenvalue weighted by Gasteiger charge is -2.30. The van der Waals surface area contributed by atoms with Crippen molar-refractivity contribution in [1.82, 2.24) is 9.29 Å². The third-order valence-corrected chi connectivity index (χ3v) is 9.05. The maximum absolute atomic E-state index is 13.1. The summed E-state index contributed by atoms with van der Waals surface area (Å²) in [6, 6.07) is 9.06. The van der Waals surface area contributed by atoms with Crippen LogP contribution in [0.3, 0.4) is 0 Å². The summed E-state index contributed by atoms with van der Waals surface area (Å²) in [6.45, 7) is 5.40. The molecule has 0 bridgehead atoms. The number of anilines is 1. The van der Waals surface area contributed by atoms with E-state index in [-0.39, 0.29) is 11.8 Å². The molecule has 3 heterocycles. The second kappa shape index (κ2) is 8.58. The molecule has 0 radical (unpaired) electrons. The first-order valence-corrected chi connectivity index (χ1v) is 13.2. The molecule has 33 heavy (non-hydrogen) atoms. The molecule has 1 aromatic heterocycles. The van der Waals surface area contributed by atoms with Crippen LogP contribution in [-0.2, 0) is 14.8 Å². The molecule has 1 amide bonds. The van der Waals surface area contributed by atoms with Crippen LogP contribution in [0, 0.1) is 19.8 Å². The Morgan fingerprint density at radius 3 is 2.48 bits per heavy atom. The molecule has 0 unspecified atom stereocenters. The van der Waals surface area contributed by atoms with Crippen molar-refractivity contribution in [3.8, 4) is 11.5 Å². The number of nitrogens with one attached hydrogen (secondary N) is 1. The minimum Gasteiger partial charge on any atom is -0.486 e. The number of amides is 1. The van der Waals surface area contributed by atoms with E-state index < -0.39 is 10.0 Å². The van der Waals surface area contributed by atoms with Crippen molar-refractivity contribution in [2.45, 2.75) is 31.6 Å². The second-order valence-corrected chi connectivity index (χ2v) is 11.4. The zero-order valence-electron chi connectivity index (χ0n) is 18.5. The fourth-order valence-corrected chi connectivity index (χ4v) is 6.87. The van der Waals surface area contributed by atoms with E-state index in [1.165, 1.54) is 15.6 Å². The Labute approximate surface area is 196 Å². The number of benzene rings is 2. The maximum Gasteiger partial charge on any atom is 0.243 e. The lowest BCUT2D eigenvalue weighted by atomic mass is 9.97. The van der Waals surface area contributed by atoms with Gasteiger partial charge in [-0.3, -0.25) is 4.79 Å². The van der Waals surface area contributed by atoms with Crippen LogP contribution in [0.2, 0.25) is 0 Å². The first kappa shape index (κ1) is 22.1. The lowest BCUT2D eigenvalue weighted by Crippen LogP contribution is -2.41. The smallest absolute Gasteiger partial charge is 0.243 e. The van der Waals surface area contributed by atoms with Gasteiger partial charge in [0.05, 0.1) is 15.1 Å². The molecule has 1 N–H and O–H groups in total. The topological polar surface area (TPSA) is 97.8 Å². The summed E-state index contributed by atoms with van der Waals surface area (Å²) in [4.78, 5) is 17.7. The highest BCUT2D eigenvalue weighted by molar-refractivity contribution is 7.89. The summed E-state index contributed by atoms with van der Waals surface area (Å²) in [7, 11) is -3.58. The van der Waals surface area contributed by atoms with Gasteiger partial charge in [-0.25, -0.2) is 13.4 Å². The number of aryl methyl sites for hydroxylation is 2. The quantitative estimate of drug-likeness (QED) is 0.602. The van der Waals surface area contributed by atoms with Gasteiger partial charge in [0.15, 0.2) is 16.6 Å². The fraction of sp³-hybridized carbons (Fsp3) is 0.391. The lowest BCUT2D eigenvalue weighted by molar-refractivity contribution is -0.120. The molecule has 1 saturated heterocycles. The Hall–Kier alpha value is -2.69. The minimum absolute atomic E-state index is 0.130. The number of piperidine rings is 1. The Balaban J connectivity index is 1.24. The van der Waals surface area contributed by atoms with E-state index in [1.807, 2.05) is 38.1 Å². The van der Waals surface area contributed by atoms with Crippen molar-refractivity contribution in [2.24, 2.45) is 5.92 Å². The SMILES string of the molecule is Cc1ccc(S(=O)(=O)N2CCC(C(=O)Nc3nc4cc5c(cc4s3)OCCO5)CC2)c(C)c1. The highest BCUT2D eigenvalue weighted by atomic mass is 32.2. The summed E-state index contributed by atoms with van der Waals surface area (Å²) in [5, 5.41) is 3.43. The van der Waals surface area contributed by atoms with Crippen LogP contribution in [0.5, 0.6) is 11.5 Å². The number of hydrogen-bond donors (Lipinski definition) is 1. The number of carbonyl (C=O) groups is 1. The van der Waals surface area contributed by atoms with Gasteiger partial charge < -0.3 is 14.8 Å². The summed E-state index contributed by atoms with van der Waals surface area (Å²) < 4.78 is 39.8. The van der Waals surface area contributed by atoms with Gasteiger partial charge in [-0.1, -0.05) is 29.0 Å². The average Bonchev–Trinajstić information content (AvgIpc) is 3.18. The van der Waals surface area contributed by atoms with E-state index in [0.29, 0.717) is 60.7 Å². The third-order valence-electron chi connectivity index (χ3n) is 6.06. The van der Waals surface area contributed by atoms with Crippen molar-refractivity contribution in [1.29, 1.82) is 0 Å². The maximum atomic E-state index is 13.1. The number of fused-ring (bicyclic) bond motifs is 2. The van der Waals surface area contributed by atoms with Crippen molar-refractivity contribution in [3.63, 3.8) is 0 Å². The molecule has 8 nitrogen and oxygen atoms in total. The number of carbonyl (C=O) groups excluding carboxylic acids is 1. The predicted octanol–water partition coefficient (Wildman–Crippen LogP) is 3.72. The molecule has 0 saturated carbocycles. The van der Waals surface area contributed by atoms with Gasteiger partial charge in [0, 0.05) is 31.1 Å². The zero-order chi connectivity index (χ0) is 23.2. The largest absolute Gasteiger partial charge is 0.486 e. The number of hydrogen-bond acceptors (Lipinski definition) is 7. The summed E-state index contributed by atoms with van der Waals surface area (Å²) in [5.74, 6) is 0.958. The average molecular weight is 488 g/mol. The molecule has 1 fully saturated rings. The predicted molar refractivity (Wildman–Crippen MR) is 127 cm³/mol. The highest BCUT2D eigenvalue weighted by Gasteiger charge is 2.33.